The van der Waals surface area contributed by atoms with Crippen LogP contribution in [0, 0.1) is 29.4 Å². The molecule has 2 aromatic carbocycles. The Hall–Kier alpha value is -2.23. The van der Waals surface area contributed by atoms with Crippen molar-refractivity contribution in [3.8, 4) is 11.1 Å². The standard InChI is InChI=1S/C32H41F2NO/c1-4-5-6-7-21-8-9-26-17-25(15-14-24(26)16-21)22-10-12-23(13-11-22)27-18-28(33)30(29(34)19-27)31-35-32(2,3)20-36-31/h10-13,18-19,21,24-26H,4-9,14-17,20H2,1-3H3/t21?,24-,25-,26-/m1/s1. The highest BCUT2D eigenvalue weighted by Crippen LogP contribution is 2.48. The van der Waals surface area contributed by atoms with E-state index in [4.69, 9.17) is 4.74 Å². The molecule has 0 saturated heterocycles. The van der Waals surface area contributed by atoms with Crippen LogP contribution < -0.4 is 0 Å². The third-order valence-electron chi connectivity index (χ3n) is 8.88. The molecule has 1 aliphatic heterocycles. The highest BCUT2D eigenvalue weighted by Gasteiger charge is 2.36. The molecule has 2 nitrogen and oxygen atoms in total. The van der Waals surface area contributed by atoms with Crippen LogP contribution in [0.3, 0.4) is 0 Å². The van der Waals surface area contributed by atoms with Gasteiger partial charge in [-0.1, -0.05) is 63.3 Å². The van der Waals surface area contributed by atoms with E-state index in [1.54, 1.807) is 0 Å². The quantitative estimate of drug-likeness (QED) is 0.353. The topological polar surface area (TPSA) is 21.6 Å². The number of hydrogen-bond acceptors (Lipinski definition) is 2. The summed E-state index contributed by atoms with van der Waals surface area (Å²) in [6, 6.07) is 11.2. The van der Waals surface area contributed by atoms with Gasteiger partial charge in [-0.3, -0.25) is 0 Å². The second-order valence-electron chi connectivity index (χ2n) is 12.2. The molecule has 0 radical (unpaired) electrons. The van der Waals surface area contributed by atoms with Crippen LogP contribution in [0.5, 0.6) is 0 Å². The fraction of sp³-hybridized carbons (Fsp3) is 0.594. The molecule has 1 heterocycles. The summed E-state index contributed by atoms with van der Waals surface area (Å²) in [4.78, 5) is 4.34. The Bertz CT molecular complexity index is 1070. The second-order valence-corrected chi connectivity index (χ2v) is 12.2. The van der Waals surface area contributed by atoms with Gasteiger partial charge in [0.15, 0.2) is 0 Å². The minimum atomic E-state index is -0.630. The van der Waals surface area contributed by atoms with E-state index in [1.807, 2.05) is 26.0 Å². The molecule has 36 heavy (non-hydrogen) atoms. The number of nitrogens with zero attached hydrogens (tertiary/aromatic N) is 1. The van der Waals surface area contributed by atoms with E-state index in [2.05, 4.69) is 24.0 Å². The van der Waals surface area contributed by atoms with E-state index in [1.165, 1.54) is 81.9 Å². The lowest BCUT2D eigenvalue weighted by molar-refractivity contribution is 0.113. The Kier molecular flexibility index (Phi) is 7.51. The summed E-state index contributed by atoms with van der Waals surface area (Å²) >= 11 is 0. The molecule has 3 aliphatic rings. The van der Waals surface area contributed by atoms with Gasteiger partial charge in [0.05, 0.1) is 5.54 Å². The van der Waals surface area contributed by atoms with E-state index in [-0.39, 0.29) is 11.5 Å². The summed E-state index contributed by atoms with van der Waals surface area (Å²) in [6.07, 6.45) is 13.7. The Morgan fingerprint density at radius 1 is 0.889 bits per heavy atom. The van der Waals surface area contributed by atoms with Crippen molar-refractivity contribution < 1.29 is 13.5 Å². The number of aliphatic imine (C=N–C) groups is 1. The molecular formula is C32H41F2NO. The molecule has 0 N–H and O–H groups in total. The fourth-order valence-electron chi connectivity index (χ4n) is 6.84. The molecule has 0 spiro atoms. The Morgan fingerprint density at radius 2 is 1.58 bits per heavy atom. The van der Waals surface area contributed by atoms with Crippen LogP contribution in [-0.2, 0) is 4.74 Å². The molecule has 2 saturated carbocycles. The molecule has 0 aromatic heterocycles. The third kappa shape index (κ3) is 5.53. The van der Waals surface area contributed by atoms with Crippen LogP contribution in [0.15, 0.2) is 41.4 Å². The lowest BCUT2D eigenvalue weighted by Gasteiger charge is -2.42. The van der Waals surface area contributed by atoms with Crippen LogP contribution in [0.4, 0.5) is 8.78 Å². The largest absolute Gasteiger partial charge is 0.475 e. The van der Waals surface area contributed by atoms with Gasteiger partial charge in [-0.25, -0.2) is 13.8 Å². The number of hydrogen-bond donors (Lipinski definition) is 0. The molecule has 0 amide bonds. The van der Waals surface area contributed by atoms with Crippen molar-refractivity contribution in [3.05, 3.63) is 59.2 Å². The lowest BCUT2D eigenvalue weighted by Crippen LogP contribution is -2.30. The molecule has 1 unspecified atom stereocenters. The predicted octanol–water partition coefficient (Wildman–Crippen LogP) is 9.07. The smallest absolute Gasteiger partial charge is 0.222 e. The summed E-state index contributed by atoms with van der Waals surface area (Å²) in [6.45, 7) is 6.39. The van der Waals surface area contributed by atoms with E-state index in [0.717, 1.165) is 23.3 Å². The first-order valence-electron chi connectivity index (χ1n) is 14.2. The number of fused-ring (bicyclic) bond motifs is 1. The maximum atomic E-state index is 14.9. The third-order valence-corrected chi connectivity index (χ3v) is 8.88. The van der Waals surface area contributed by atoms with E-state index >= 15 is 0 Å². The van der Waals surface area contributed by atoms with Crippen molar-refractivity contribution in [2.24, 2.45) is 22.7 Å². The molecule has 5 rings (SSSR count). The number of halogens is 2. The summed E-state index contributed by atoms with van der Waals surface area (Å²) in [5.74, 6) is 2.15. The lowest BCUT2D eigenvalue weighted by atomic mass is 9.63. The van der Waals surface area contributed by atoms with Crippen molar-refractivity contribution in [1.29, 1.82) is 0 Å². The molecule has 4 heteroatoms. The zero-order valence-corrected chi connectivity index (χ0v) is 22.2. The van der Waals surface area contributed by atoms with Gasteiger partial charge in [0, 0.05) is 0 Å². The number of rotatable bonds is 7. The van der Waals surface area contributed by atoms with Gasteiger partial charge in [-0.05, 0) is 98.4 Å². The first-order chi connectivity index (χ1) is 17.3. The van der Waals surface area contributed by atoms with Crippen molar-refractivity contribution in [1.82, 2.24) is 0 Å². The van der Waals surface area contributed by atoms with Crippen molar-refractivity contribution in [2.45, 2.75) is 96.4 Å². The fourth-order valence-corrected chi connectivity index (χ4v) is 6.84. The van der Waals surface area contributed by atoms with Crippen molar-refractivity contribution in [2.75, 3.05) is 6.61 Å². The predicted molar refractivity (Wildman–Crippen MR) is 143 cm³/mol. The van der Waals surface area contributed by atoms with Gasteiger partial charge >= 0.3 is 0 Å². The minimum Gasteiger partial charge on any atom is -0.475 e. The van der Waals surface area contributed by atoms with Gasteiger partial charge < -0.3 is 4.74 Å². The molecular weight excluding hydrogens is 452 g/mol. The van der Waals surface area contributed by atoms with Crippen LogP contribution in [-0.4, -0.2) is 18.0 Å². The molecule has 2 fully saturated rings. The molecule has 0 bridgehead atoms. The Morgan fingerprint density at radius 3 is 2.25 bits per heavy atom. The van der Waals surface area contributed by atoms with Gasteiger partial charge in [0.2, 0.25) is 5.90 Å². The van der Waals surface area contributed by atoms with E-state index < -0.39 is 17.2 Å². The molecule has 2 aromatic rings. The summed E-state index contributed by atoms with van der Waals surface area (Å²) < 4.78 is 35.4. The maximum Gasteiger partial charge on any atom is 0.222 e. The van der Waals surface area contributed by atoms with Gasteiger partial charge in [0.1, 0.15) is 23.8 Å². The monoisotopic (exact) mass is 493 g/mol. The van der Waals surface area contributed by atoms with E-state index in [9.17, 15) is 8.78 Å². The second kappa shape index (κ2) is 10.6. The first kappa shape index (κ1) is 25.4. The average molecular weight is 494 g/mol. The number of unbranched alkanes of at least 4 members (excludes halogenated alkanes) is 2. The van der Waals surface area contributed by atoms with Gasteiger partial charge in [-0.2, -0.15) is 0 Å². The SMILES string of the molecule is CCCCCC1CC[C@@H]2C[C@H](c3ccc(-c4cc(F)c(C5=NC(C)(C)CO5)c(F)c4)cc3)CC[C@@H]2C1. The first-order valence-corrected chi connectivity index (χ1v) is 14.2. The zero-order valence-electron chi connectivity index (χ0n) is 22.2. The molecule has 2 aliphatic carbocycles. The molecule has 194 valence electrons. The van der Waals surface area contributed by atoms with Gasteiger partial charge in [-0.15, -0.1) is 0 Å². The number of ether oxygens (including phenoxy) is 1. The normalized spacial score (nSPS) is 27.3. The highest BCUT2D eigenvalue weighted by atomic mass is 19.1. The van der Waals surface area contributed by atoms with Crippen molar-refractivity contribution >= 4 is 5.90 Å². The zero-order chi connectivity index (χ0) is 25.3. The van der Waals surface area contributed by atoms with Crippen LogP contribution >= 0.6 is 0 Å². The van der Waals surface area contributed by atoms with Gasteiger partial charge in [0.25, 0.3) is 0 Å². The van der Waals surface area contributed by atoms with Crippen LogP contribution in [0.2, 0.25) is 0 Å². The van der Waals surface area contributed by atoms with Crippen LogP contribution in [0.1, 0.15) is 102 Å². The Labute approximate surface area is 215 Å². The summed E-state index contributed by atoms with van der Waals surface area (Å²) in [7, 11) is 0. The molecule has 4 atom stereocenters. The van der Waals surface area contributed by atoms with Crippen molar-refractivity contribution in [3.63, 3.8) is 0 Å². The highest BCUT2D eigenvalue weighted by molar-refractivity contribution is 5.96. The Balaban J connectivity index is 1.24. The summed E-state index contributed by atoms with van der Waals surface area (Å²) in [5.41, 5.74) is 2.12. The van der Waals surface area contributed by atoms with Crippen LogP contribution in [0.25, 0.3) is 11.1 Å². The minimum absolute atomic E-state index is 0.0579. The average Bonchev–Trinajstić information content (AvgIpc) is 3.22. The summed E-state index contributed by atoms with van der Waals surface area (Å²) in [5, 5.41) is 0. The number of benzene rings is 2. The maximum absolute atomic E-state index is 14.9. The van der Waals surface area contributed by atoms with E-state index in [0.29, 0.717) is 18.1 Å².